The van der Waals surface area contributed by atoms with E-state index in [1.54, 1.807) is 0 Å². The first-order valence-corrected chi connectivity index (χ1v) is 9.72. The van der Waals surface area contributed by atoms with Gasteiger partial charge in [-0.15, -0.1) is 10.2 Å². The first-order valence-electron chi connectivity index (χ1n) is 8.24. The molecule has 1 aromatic carbocycles. The fraction of sp³-hybridized carbons (Fsp3) is 0.438. The van der Waals surface area contributed by atoms with E-state index in [1.165, 1.54) is 37.7 Å². The Hall–Kier alpha value is -2.26. The number of carbonyl (C=O) groups excluding carboxylic acids is 1. The van der Waals surface area contributed by atoms with Crippen LogP contribution in [0, 0.1) is 0 Å². The lowest BCUT2D eigenvalue weighted by atomic mass is 10.2. The zero-order chi connectivity index (χ0) is 17.9. The largest absolute Gasteiger partial charge is 0.345 e. The van der Waals surface area contributed by atoms with Gasteiger partial charge in [0, 0.05) is 18.5 Å². The van der Waals surface area contributed by atoms with Gasteiger partial charge in [0.1, 0.15) is 5.82 Å². The van der Waals surface area contributed by atoms with E-state index in [1.807, 2.05) is 0 Å². The Labute approximate surface area is 146 Å². The Kier molecular flexibility index (Phi) is 5.14. The van der Waals surface area contributed by atoms with Gasteiger partial charge in [0.2, 0.25) is 10.0 Å². The normalized spacial score (nSPS) is 14.6. The van der Waals surface area contributed by atoms with Gasteiger partial charge in [0.15, 0.2) is 5.82 Å². The quantitative estimate of drug-likeness (QED) is 0.819. The lowest BCUT2D eigenvalue weighted by molar-refractivity contribution is 0.0949. The van der Waals surface area contributed by atoms with Crippen molar-refractivity contribution in [3.05, 3.63) is 41.5 Å². The third-order valence-electron chi connectivity index (χ3n) is 4.29. The van der Waals surface area contributed by atoms with Crippen LogP contribution in [0.2, 0.25) is 0 Å². The summed E-state index contributed by atoms with van der Waals surface area (Å²) in [5, 5.41) is 11.2. The van der Waals surface area contributed by atoms with E-state index < -0.39 is 10.0 Å². The highest BCUT2D eigenvalue weighted by Gasteiger charge is 2.16. The molecule has 2 aromatic rings. The van der Waals surface area contributed by atoms with Gasteiger partial charge in [-0.1, -0.05) is 6.42 Å². The SMILES string of the molecule is CNS(=O)(=O)c1ccc(C(=O)NCc2nnc3n2CCCCC3)cc1. The highest BCUT2D eigenvalue weighted by atomic mass is 32.2. The maximum atomic E-state index is 12.3. The van der Waals surface area contributed by atoms with Crippen LogP contribution in [-0.2, 0) is 29.5 Å². The van der Waals surface area contributed by atoms with E-state index >= 15 is 0 Å². The van der Waals surface area contributed by atoms with Crippen molar-refractivity contribution < 1.29 is 13.2 Å². The topological polar surface area (TPSA) is 106 Å². The Bertz CT molecular complexity index is 858. The van der Waals surface area contributed by atoms with Gasteiger partial charge >= 0.3 is 0 Å². The Morgan fingerprint density at radius 2 is 1.92 bits per heavy atom. The molecular formula is C16H21N5O3S. The molecule has 0 radical (unpaired) electrons. The molecule has 1 aromatic heterocycles. The van der Waals surface area contributed by atoms with Gasteiger partial charge < -0.3 is 9.88 Å². The molecule has 9 heteroatoms. The molecule has 0 fully saturated rings. The molecule has 0 saturated carbocycles. The number of hydrogen-bond donors (Lipinski definition) is 2. The van der Waals surface area contributed by atoms with Crippen LogP contribution in [-0.4, -0.2) is 36.1 Å². The highest BCUT2D eigenvalue weighted by molar-refractivity contribution is 7.89. The minimum absolute atomic E-state index is 0.120. The van der Waals surface area contributed by atoms with Crippen molar-refractivity contribution in [2.24, 2.45) is 0 Å². The third-order valence-corrected chi connectivity index (χ3v) is 5.72. The van der Waals surface area contributed by atoms with Crippen molar-refractivity contribution in [1.82, 2.24) is 24.8 Å². The van der Waals surface area contributed by atoms with E-state index in [-0.39, 0.29) is 10.8 Å². The summed E-state index contributed by atoms with van der Waals surface area (Å²) in [4.78, 5) is 12.4. The molecule has 0 atom stereocenters. The molecule has 0 bridgehead atoms. The number of fused-ring (bicyclic) bond motifs is 1. The fourth-order valence-electron chi connectivity index (χ4n) is 2.84. The Morgan fingerprint density at radius 3 is 2.64 bits per heavy atom. The van der Waals surface area contributed by atoms with Crippen molar-refractivity contribution in [3.8, 4) is 0 Å². The van der Waals surface area contributed by atoms with Crippen molar-refractivity contribution >= 4 is 15.9 Å². The lowest BCUT2D eigenvalue weighted by Crippen LogP contribution is -2.25. The van der Waals surface area contributed by atoms with Crippen LogP contribution in [0.5, 0.6) is 0 Å². The zero-order valence-electron chi connectivity index (χ0n) is 14.0. The monoisotopic (exact) mass is 363 g/mol. The molecule has 2 heterocycles. The lowest BCUT2D eigenvalue weighted by Gasteiger charge is -2.09. The van der Waals surface area contributed by atoms with Gasteiger partial charge in [-0.2, -0.15) is 0 Å². The molecule has 0 saturated heterocycles. The fourth-order valence-corrected chi connectivity index (χ4v) is 3.57. The third kappa shape index (κ3) is 3.88. The summed E-state index contributed by atoms with van der Waals surface area (Å²) in [5.41, 5.74) is 0.394. The minimum Gasteiger partial charge on any atom is -0.345 e. The van der Waals surface area contributed by atoms with Crippen LogP contribution in [0.25, 0.3) is 0 Å². The standard InChI is InChI=1S/C16H21N5O3S/c1-17-25(23,24)13-8-6-12(7-9-13)16(22)18-11-15-20-19-14-5-3-2-4-10-21(14)15/h6-9,17H,2-5,10-11H2,1H3,(H,18,22). The second-order valence-corrected chi connectivity index (χ2v) is 7.80. The number of nitrogens with zero attached hydrogens (tertiary/aromatic N) is 3. The molecule has 0 spiro atoms. The predicted octanol–water partition coefficient (Wildman–Crippen LogP) is 0.843. The number of rotatable bonds is 5. The van der Waals surface area contributed by atoms with Gasteiger partial charge in [-0.3, -0.25) is 4.79 Å². The molecule has 1 amide bonds. The maximum absolute atomic E-state index is 12.3. The average molecular weight is 363 g/mol. The van der Waals surface area contributed by atoms with Crippen molar-refractivity contribution in [2.45, 2.75) is 43.7 Å². The van der Waals surface area contributed by atoms with E-state index in [0.717, 1.165) is 37.5 Å². The predicted molar refractivity (Wildman–Crippen MR) is 91.4 cm³/mol. The second-order valence-electron chi connectivity index (χ2n) is 5.91. The van der Waals surface area contributed by atoms with Gasteiger partial charge in [0.25, 0.3) is 5.91 Å². The Morgan fingerprint density at radius 1 is 1.16 bits per heavy atom. The molecule has 8 nitrogen and oxygen atoms in total. The number of amides is 1. The van der Waals surface area contributed by atoms with Crippen molar-refractivity contribution in [3.63, 3.8) is 0 Å². The number of aromatic nitrogens is 3. The van der Waals surface area contributed by atoms with Gasteiger partial charge in [-0.05, 0) is 44.2 Å². The highest BCUT2D eigenvalue weighted by Crippen LogP contribution is 2.14. The van der Waals surface area contributed by atoms with E-state index in [0.29, 0.717) is 12.1 Å². The number of benzene rings is 1. The first-order chi connectivity index (χ1) is 12.0. The van der Waals surface area contributed by atoms with E-state index in [2.05, 4.69) is 24.8 Å². The first kappa shape index (κ1) is 17.6. The van der Waals surface area contributed by atoms with Crippen LogP contribution in [0.3, 0.4) is 0 Å². The van der Waals surface area contributed by atoms with Crippen LogP contribution in [0.15, 0.2) is 29.2 Å². The minimum atomic E-state index is -3.51. The Balaban J connectivity index is 1.66. The second kappa shape index (κ2) is 7.32. The molecular weight excluding hydrogens is 342 g/mol. The number of nitrogens with one attached hydrogen (secondary N) is 2. The van der Waals surface area contributed by atoms with Crippen LogP contribution in [0.1, 0.15) is 41.3 Å². The molecule has 134 valence electrons. The van der Waals surface area contributed by atoms with Crippen LogP contribution >= 0.6 is 0 Å². The van der Waals surface area contributed by atoms with E-state index in [9.17, 15) is 13.2 Å². The molecule has 0 unspecified atom stereocenters. The number of carbonyl (C=O) groups is 1. The van der Waals surface area contributed by atoms with E-state index in [4.69, 9.17) is 0 Å². The molecule has 0 aliphatic carbocycles. The molecule has 1 aliphatic rings. The van der Waals surface area contributed by atoms with Gasteiger partial charge in [0.05, 0.1) is 11.4 Å². The maximum Gasteiger partial charge on any atom is 0.251 e. The molecule has 25 heavy (non-hydrogen) atoms. The average Bonchev–Trinajstić information content (AvgIpc) is 2.86. The summed E-state index contributed by atoms with van der Waals surface area (Å²) in [7, 11) is -2.16. The summed E-state index contributed by atoms with van der Waals surface area (Å²) in [5.74, 6) is 1.45. The van der Waals surface area contributed by atoms with Crippen molar-refractivity contribution in [2.75, 3.05) is 7.05 Å². The molecule has 2 N–H and O–H groups in total. The van der Waals surface area contributed by atoms with Crippen LogP contribution in [0.4, 0.5) is 0 Å². The zero-order valence-corrected chi connectivity index (χ0v) is 14.8. The summed E-state index contributed by atoms with van der Waals surface area (Å²) in [6.07, 6.45) is 4.30. The number of hydrogen-bond acceptors (Lipinski definition) is 5. The smallest absolute Gasteiger partial charge is 0.251 e. The summed E-state index contributed by atoms with van der Waals surface area (Å²) in [6.45, 7) is 1.17. The van der Waals surface area contributed by atoms with Crippen molar-refractivity contribution in [1.29, 1.82) is 0 Å². The summed E-state index contributed by atoms with van der Waals surface area (Å²) >= 11 is 0. The van der Waals surface area contributed by atoms with Crippen LogP contribution < -0.4 is 10.0 Å². The van der Waals surface area contributed by atoms with Gasteiger partial charge in [-0.25, -0.2) is 13.1 Å². The number of sulfonamides is 1. The summed E-state index contributed by atoms with van der Waals surface area (Å²) < 4.78 is 27.7. The summed E-state index contributed by atoms with van der Waals surface area (Å²) in [6, 6.07) is 5.79. The molecule has 1 aliphatic heterocycles. The molecule has 3 rings (SSSR count). The number of aryl methyl sites for hydroxylation is 1.